The van der Waals surface area contributed by atoms with Gasteiger partial charge in [0.05, 0.1) is 17.2 Å². The Morgan fingerprint density at radius 3 is 2.54 bits per heavy atom. The highest BCUT2D eigenvalue weighted by Gasteiger charge is 2.45. The average Bonchev–Trinajstić information content (AvgIpc) is 3.53. The van der Waals surface area contributed by atoms with Gasteiger partial charge in [-0.15, -0.1) is 0 Å². The maximum absolute atomic E-state index is 14.2. The minimum absolute atomic E-state index is 0.0543. The Balaban J connectivity index is 1.42. The van der Waals surface area contributed by atoms with Crippen molar-refractivity contribution in [1.29, 1.82) is 5.41 Å². The average molecular weight is 504 g/mol. The van der Waals surface area contributed by atoms with Gasteiger partial charge in [0.1, 0.15) is 5.82 Å². The molecule has 37 heavy (non-hydrogen) atoms. The predicted octanol–water partition coefficient (Wildman–Crippen LogP) is 2.02. The zero-order valence-corrected chi connectivity index (χ0v) is 21.9. The fourth-order valence-electron chi connectivity index (χ4n) is 5.75. The Labute approximate surface area is 217 Å². The fourth-order valence-corrected chi connectivity index (χ4v) is 5.75. The van der Waals surface area contributed by atoms with Gasteiger partial charge in [-0.3, -0.25) is 10.2 Å². The number of anilines is 1. The first kappa shape index (κ1) is 25.0. The lowest BCUT2D eigenvalue weighted by Gasteiger charge is -2.44. The number of carbonyl (C=O) groups excluding carboxylic acids is 1. The molecule has 0 unspecified atom stereocenters. The Bertz CT molecular complexity index is 1300. The number of carbonyl (C=O) groups is 1. The molecule has 2 fully saturated rings. The monoisotopic (exact) mass is 503 g/mol. The molecular weight excluding hydrogens is 466 g/mol. The molecule has 4 heterocycles. The molecule has 0 radical (unpaired) electrons. The first-order chi connectivity index (χ1) is 17.7. The summed E-state index contributed by atoms with van der Waals surface area (Å²) in [5, 5.41) is 12.6. The van der Waals surface area contributed by atoms with Crippen LogP contribution >= 0.6 is 0 Å². The first-order valence-corrected chi connectivity index (χ1v) is 13.0. The molecule has 2 atom stereocenters. The van der Waals surface area contributed by atoms with Crippen LogP contribution in [-0.2, 0) is 10.2 Å². The standard InChI is InChI=1S/C27H37N9O/c1-18-16-36-23(31-24(18)35-12-9-21(28)17-35)15-22(32-36)19(2)33(3)25(37)27(20-7-5-4-6-8-20)10-13-34(14-11-27)26(29)30/h4-8,15-16,19,21H,9-14,17,28H2,1-3H3,(H3,29,30)/t19-,21-/m0/s1. The number of guanidine groups is 1. The van der Waals surface area contributed by atoms with Crippen LogP contribution in [0.2, 0.25) is 0 Å². The minimum Gasteiger partial charge on any atom is -0.370 e. The number of amides is 1. The van der Waals surface area contributed by atoms with E-state index in [-0.39, 0.29) is 24.0 Å². The molecule has 0 spiro atoms. The maximum atomic E-state index is 14.2. The number of fused-ring (bicyclic) bond motifs is 1. The maximum Gasteiger partial charge on any atom is 0.233 e. The van der Waals surface area contributed by atoms with Crippen molar-refractivity contribution in [2.24, 2.45) is 11.5 Å². The largest absolute Gasteiger partial charge is 0.370 e. The molecule has 5 N–H and O–H groups in total. The van der Waals surface area contributed by atoms with Crippen LogP contribution in [0.15, 0.2) is 42.6 Å². The summed E-state index contributed by atoms with van der Waals surface area (Å²) in [6.45, 7) is 6.90. The van der Waals surface area contributed by atoms with Gasteiger partial charge in [-0.05, 0) is 38.7 Å². The number of hydrogen-bond donors (Lipinski definition) is 3. The van der Waals surface area contributed by atoms with Gasteiger partial charge in [-0.1, -0.05) is 30.3 Å². The van der Waals surface area contributed by atoms with Gasteiger partial charge in [-0.2, -0.15) is 5.10 Å². The highest BCUT2D eigenvalue weighted by molar-refractivity contribution is 5.89. The molecule has 10 nitrogen and oxygen atoms in total. The second-order valence-corrected chi connectivity index (χ2v) is 10.5. The summed E-state index contributed by atoms with van der Waals surface area (Å²) in [5.74, 6) is 1.06. The van der Waals surface area contributed by atoms with Crippen LogP contribution in [0.3, 0.4) is 0 Å². The highest BCUT2D eigenvalue weighted by Crippen LogP contribution is 2.39. The quantitative estimate of drug-likeness (QED) is 0.358. The van der Waals surface area contributed by atoms with Gasteiger partial charge in [0, 0.05) is 57.1 Å². The lowest BCUT2D eigenvalue weighted by atomic mass is 9.71. The van der Waals surface area contributed by atoms with Gasteiger partial charge in [0.2, 0.25) is 5.91 Å². The number of likely N-dealkylation sites (tertiary alicyclic amines) is 1. The number of nitrogens with zero attached hydrogens (tertiary/aromatic N) is 6. The van der Waals surface area contributed by atoms with Crippen molar-refractivity contribution < 1.29 is 4.79 Å². The van der Waals surface area contributed by atoms with E-state index in [0.717, 1.165) is 47.8 Å². The van der Waals surface area contributed by atoms with E-state index in [1.807, 2.05) is 73.3 Å². The van der Waals surface area contributed by atoms with Crippen LogP contribution in [0, 0.1) is 12.3 Å². The number of nitrogens with two attached hydrogens (primary N) is 2. The van der Waals surface area contributed by atoms with E-state index in [2.05, 4.69) is 4.90 Å². The molecule has 0 saturated carbocycles. The molecular formula is C27H37N9O. The SMILES string of the molecule is Cc1cn2nc([C@H](C)N(C)C(=O)C3(c4ccccc4)CCN(C(=N)N)CC3)cc2nc1N1CC[C@H](N)C1. The van der Waals surface area contributed by atoms with Crippen molar-refractivity contribution in [2.45, 2.75) is 50.6 Å². The van der Waals surface area contributed by atoms with Crippen LogP contribution in [0.25, 0.3) is 5.65 Å². The third-order valence-corrected chi connectivity index (χ3v) is 8.17. The van der Waals surface area contributed by atoms with E-state index < -0.39 is 5.41 Å². The Morgan fingerprint density at radius 1 is 1.22 bits per heavy atom. The normalized spacial score (nSPS) is 20.3. The van der Waals surface area contributed by atoms with Crippen LogP contribution in [0.4, 0.5) is 5.82 Å². The third kappa shape index (κ3) is 4.50. The molecule has 1 aromatic carbocycles. The molecule has 0 bridgehead atoms. The second kappa shape index (κ2) is 9.66. The molecule has 1 amide bonds. The minimum atomic E-state index is -0.675. The summed E-state index contributed by atoms with van der Waals surface area (Å²) in [5.41, 5.74) is 14.8. The fraction of sp³-hybridized carbons (Fsp3) is 0.481. The number of nitrogens with one attached hydrogen (secondary N) is 1. The Kier molecular flexibility index (Phi) is 6.53. The number of benzene rings is 1. The summed E-state index contributed by atoms with van der Waals surface area (Å²) < 4.78 is 1.80. The van der Waals surface area contributed by atoms with Gasteiger partial charge in [0.15, 0.2) is 11.6 Å². The van der Waals surface area contributed by atoms with E-state index in [0.29, 0.717) is 25.9 Å². The van der Waals surface area contributed by atoms with Crippen molar-refractivity contribution >= 4 is 23.3 Å². The molecule has 2 aliphatic heterocycles. The summed E-state index contributed by atoms with van der Waals surface area (Å²) in [4.78, 5) is 25.0. The van der Waals surface area contributed by atoms with Crippen molar-refractivity contribution in [3.8, 4) is 0 Å². The van der Waals surface area contributed by atoms with Crippen LogP contribution < -0.4 is 16.4 Å². The number of aryl methyl sites for hydroxylation is 1. The Morgan fingerprint density at radius 2 is 1.92 bits per heavy atom. The summed E-state index contributed by atoms with van der Waals surface area (Å²) in [6.07, 6.45) is 4.16. The molecule has 2 saturated heterocycles. The molecule has 0 aliphatic carbocycles. The number of aromatic nitrogens is 3. The Hall–Kier alpha value is -3.66. The first-order valence-electron chi connectivity index (χ1n) is 13.0. The van der Waals surface area contributed by atoms with Crippen LogP contribution in [0.5, 0.6) is 0 Å². The van der Waals surface area contributed by atoms with E-state index in [9.17, 15) is 4.79 Å². The summed E-state index contributed by atoms with van der Waals surface area (Å²) in [7, 11) is 1.86. The van der Waals surface area contributed by atoms with E-state index in [1.165, 1.54) is 0 Å². The number of hydrogen-bond acceptors (Lipinski definition) is 6. The van der Waals surface area contributed by atoms with Gasteiger partial charge >= 0.3 is 0 Å². The highest BCUT2D eigenvalue weighted by atomic mass is 16.2. The van der Waals surface area contributed by atoms with Crippen molar-refractivity contribution in [1.82, 2.24) is 24.4 Å². The third-order valence-electron chi connectivity index (χ3n) is 8.17. The topological polar surface area (TPSA) is 133 Å². The van der Waals surface area contributed by atoms with E-state index in [4.69, 9.17) is 27.0 Å². The van der Waals surface area contributed by atoms with Crippen LogP contribution in [-0.4, -0.2) is 75.5 Å². The molecule has 2 aromatic heterocycles. The number of rotatable bonds is 5. The van der Waals surface area contributed by atoms with Crippen LogP contribution in [0.1, 0.15) is 49.0 Å². The zero-order chi connectivity index (χ0) is 26.3. The van der Waals surface area contributed by atoms with Gasteiger partial charge in [0.25, 0.3) is 0 Å². The van der Waals surface area contributed by atoms with E-state index >= 15 is 0 Å². The smallest absolute Gasteiger partial charge is 0.233 e. The summed E-state index contributed by atoms with van der Waals surface area (Å²) >= 11 is 0. The predicted molar refractivity (Wildman–Crippen MR) is 145 cm³/mol. The summed E-state index contributed by atoms with van der Waals surface area (Å²) in [6, 6.07) is 11.9. The lowest BCUT2D eigenvalue weighted by molar-refractivity contribution is -0.140. The van der Waals surface area contributed by atoms with Crippen molar-refractivity contribution in [3.63, 3.8) is 0 Å². The molecule has 5 rings (SSSR count). The zero-order valence-electron chi connectivity index (χ0n) is 21.9. The number of piperidine rings is 1. The molecule has 3 aromatic rings. The number of likely N-dealkylation sites (N-methyl/N-ethyl adjacent to an activating group) is 1. The van der Waals surface area contributed by atoms with Gasteiger partial charge in [-0.25, -0.2) is 9.50 Å². The van der Waals surface area contributed by atoms with Gasteiger partial charge < -0.3 is 26.2 Å². The van der Waals surface area contributed by atoms with Crippen molar-refractivity contribution in [3.05, 3.63) is 59.4 Å². The van der Waals surface area contributed by atoms with E-state index in [1.54, 1.807) is 4.52 Å². The lowest BCUT2D eigenvalue weighted by Crippen LogP contribution is -2.54. The molecule has 196 valence electrons. The molecule has 2 aliphatic rings. The van der Waals surface area contributed by atoms with Crippen molar-refractivity contribution in [2.75, 3.05) is 38.1 Å². The second-order valence-electron chi connectivity index (χ2n) is 10.5. The molecule has 10 heteroatoms.